The molecule has 0 aliphatic rings. The Hall–Kier alpha value is -0.980. The lowest BCUT2D eigenvalue weighted by molar-refractivity contribution is -0.122. The quantitative estimate of drug-likeness (QED) is 0.414. The number of halogens is 2. The van der Waals surface area contributed by atoms with E-state index in [4.69, 9.17) is 11.6 Å². The molecular weight excluding hydrogens is 253 g/mol. The van der Waals surface area contributed by atoms with Gasteiger partial charge in [-0.25, -0.2) is 10.2 Å². The van der Waals surface area contributed by atoms with Gasteiger partial charge in [0.25, 0.3) is 5.91 Å². The summed E-state index contributed by atoms with van der Waals surface area (Å²) in [7, 11) is 0. The number of benzene rings is 1. The van der Waals surface area contributed by atoms with Gasteiger partial charge in [-0.05, 0) is 33.6 Å². The summed E-state index contributed by atoms with van der Waals surface area (Å²) in [6.07, 6.45) is 0. The highest BCUT2D eigenvalue weighted by Crippen LogP contribution is 2.20. The number of rotatable bonds is 2. The van der Waals surface area contributed by atoms with Crippen LogP contribution in [0.1, 0.15) is 11.6 Å². The molecule has 0 spiro atoms. The fourth-order valence-electron chi connectivity index (χ4n) is 0.947. The van der Waals surface area contributed by atoms with Crippen LogP contribution >= 0.6 is 15.9 Å². The molecule has 0 aliphatic heterocycles. The first kappa shape index (κ1) is 11.1. The van der Waals surface area contributed by atoms with Gasteiger partial charge in [-0.3, -0.25) is 10.2 Å². The zero-order chi connectivity index (χ0) is 10.7. The van der Waals surface area contributed by atoms with E-state index in [-0.39, 0.29) is 4.47 Å². The van der Waals surface area contributed by atoms with Crippen LogP contribution in [0.4, 0.5) is 4.39 Å². The van der Waals surface area contributed by atoms with Crippen LogP contribution in [0.2, 0.25) is 0 Å². The van der Waals surface area contributed by atoms with Crippen molar-refractivity contribution in [2.75, 3.05) is 0 Å². The molecule has 4 nitrogen and oxygen atoms in total. The van der Waals surface area contributed by atoms with Crippen molar-refractivity contribution in [3.05, 3.63) is 34.1 Å². The minimum atomic E-state index is -0.892. The monoisotopic (exact) mass is 261 g/mol. The van der Waals surface area contributed by atoms with Crippen molar-refractivity contribution < 1.29 is 9.18 Å². The third kappa shape index (κ3) is 2.28. The molecule has 1 aromatic carbocycles. The van der Waals surface area contributed by atoms with E-state index in [0.29, 0.717) is 5.56 Å². The van der Waals surface area contributed by atoms with Crippen LogP contribution in [0.5, 0.6) is 0 Å². The van der Waals surface area contributed by atoms with Gasteiger partial charge in [-0.15, -0.1) is 0 Å². The molecule has 1 atom stereocenters. The minimum absolute atomic E-state index is 0.260. The number of hydrogen-bond donors (Lipinski definition) is 3. The van der Waals surface area contributed by atoms with E-state index in [0.717, 1.165) is 0 Å². The maximum Gasteiger partial charge on any atom is 0.255 e. The van der Waals surface area contributed by atoms with Gasteiger partial charge in [-0.2, -0.15) is 0 Å². The maximum atomic E-state index is 12.8. The Morgan fingerprint density at radius 2 is 2.21 bits per heavy atom. The number of amides is 1. The van der Waals surface area contributed by atoms with E-state index in [1.54, 1.807) is 0 Å². The second-order valence-corrected chi connectivity index (χ2v) is 3.51. The van der Waals surface area contributed by atoms with Gasteiger partial charge in [0.2, 0.25) is 0 Å². The van der Waals surface area contributed by atoms with Crippen molar-refractivity contribution in [1.29, 1.82) is 0 Å². The summed E-state index contributed by atoms with van der Waals surface area (Å²) in [5.41, 5.74) is 7.94. The lowest BCUT2D eigenvalue weighted by atomic mass is 10.1. The second-order valence-electron chi connectivity index (χ2n) is 2.66. The Balaban J connectivity index is 2.96. The number of hydrogen-bond acceptors (Lipinski definition) is 3. The predicted octanol–water partition coefficient (Wildman–Crippen LogP) is 0.578. The van der Waals surface area contributed by atoms with Crippen LogP contribution in [0.3, 0.4) is 0 Å². The number of nitrogens with two attached hydrogens (primary N) is 2. The summed E-state index contributed by atoms with van der Waals surface area (Å²) in [4.78, 5) is 11.0. The standard InChI is InChI=1S/C8H9BrFN3O/c9-5-3-4(1-2-6(5)10)7(11)8(14)13-12/h1-3,7H,11-12H2,(H,13,14). The molecule has 1 rings (SSSR count). The van der Waals surface area contributed by atoms with Crippen molar-refractivity contribution >= 4 is 21.8 Å². The Kier molecular flexibility index (Phi) is 3.56. The minimum Gasteiger partial charge on any atom is -0.316 e. The van der Waals surface area contributed by atoms with Gasteiger partial charge >= 0.3 is 0 Å². The van der Waals surface area contributed by atoms with Gasteiger partial charge in [0, 0.05) is 0 Å². The van der Waals surface area contributed by atoms with Crippen LogP contribution in [0.25, 0.3) is 0 Å². The number of hydrazine groups is 1. The van der Waals surface area contributed by atoms with Gasteiger partial charge in [0.05, 0.1) is 4.47 Å². The van der Waals surface area contributed by atoms with Gasteiger partial charge < -0.3 is 5.73 Å². The molecule has 0 radical (unpaired) electrons. The first-order valence-corrected chi connectivity index (χ1v) is 4.56. The molecule has 1 amide bonds. The van der Waals surface area contributed by atoms with Crippen molar-refractivity contribution in [3.63, 3.8) is 0 Å². The molecule has 0 saturated heterocycles. The van der Waals surface area contributed by atoms with E-state index in [2.05, 4.69) is 15.9 Å². The first-order chi connectivity index (χ1) is 6.56. The van der Waals surface area contributed by atoms with Crippen molar-refractivity contribution in [3.8, 4) is 0 Å². The maximum absolute atomic E-state index is 12.8. The average molecular weight is 262 g/mol. The predicted molar refractivity (Wildman–Crippen MR) is 53.4 cm³/mol. The van der Waals surface area contributed by atoms with Crippen LogP contribution in [0.15, 0.2) is 22.7 Å². The molecule has 76 valence electrons. The SMILES string of the molecule is NNC(=O)C(N)c1ccc(F)c(Br)c1. The van der Waals surface area contributed by atoms with Crippen LogP contribution in [-0.2, 0) is 4.79 Å². The largest absolute Gasteiger partial charge is 0.316 e. The molecule has 0 fully saturated rings. The van der Waals surface area contributed by atoms with Gasteiger partial charge in [0.1, 0.15) is 11.9 Å². The highest BCUT2D eigenvalue weighted by atomic mass is 79.9. The highest BCUT2D eigenvalue weighted by Gasteiger charge is 2.15. The summed E-state index contributed by atoms with van der Waals surface area (Å²) in [5, 5.41) is 0. The summed E-state index contributed by atoms with van der Waals surface area (Å²) >= 11 is 2.99. The first-order valence-electron chi connectivity index (χ1n) is 3.77. The Morgan fingerprint density at radius 1 is 1.57 bits per heavy atom. The van der Waals surface area contributed by atoms with Crippen molar-refractivity contribution in [2.24, 2.45) is 11.6 Å². The topological polar surface area (TPSA) is 81.1 Å². The van der Waals surface area contributed by atoms with Crippen LogP contribution < -0.4 is 17.0 Å². The third-order valence-electron chi connectivity index (χ3n) is 1.73. The lowest BCUT2D eigenvalue weighted by Gasteiger charge is -2.10. The molecule has 0 bridgehead atoms. The van der Waals surface area contributed by atoms with E-state index in [1.165, 1.54) is 18.2 Å². The van der Waals surface area contributed by atoms with E-state index >= 15 is 0 Å². The summed E-state index contributed by atoms with van der Waals surface area (Å²) in [5.74, 6) is 3.98. The molecule has 5 N–H and O–H groups in total. The van der Waals surface area contributed by atoms with E-state index < -0.39 is 17.8 Å². The van der Waals surface area contributed by atoms with E-state index in [9.17, 15) is 9.18 Å². The molecule has 1 unspecified atom stereocenters. The zero-order valence-electron chi connectivity index (χ0n) is 7.13. The molecule has 1 aromatic rings. The Morgan fingerprint density at radius 3 is 2.71 bits per heavy atom. The molecule has 0 saturated carbocycles. The van der Waals surface area contributed by atoms with E-state index in [1.807, 2.05) is 5.43 Å². The normalized spacial score (nSPS) is 12.3. The summed E-state index contributed by atoms with van der Waals surface area (Å²) in [6.45, 7) is 0. The fraction of sp³-hybridized carbons (Fsp3) is 0.125. The molecule has 0 aromatic heterocycles. The Bertz CT molecular complexity index is 358. The van der Waals surface area contributed by atoms with Gasteiger partial charge in [0.15, 0.2) is 0 Å². The highest BCUT2D eigenvalue weighted by molar-refractivity contribution is 9.10. The average Bonchev–Trinajstić information content (AvgIpc) is 2.20. The molecule has 0 aliphatic carbocycles. The molecule has 14 heavy (non-hydrogen) atoms. The smallest absolute Gasteiger partial charge is 0.255 e. The fourth-order valence-corrected chi connectivity index (χ4v) is 1.34. The number of nitrogens with one attached hydrogen (secondary N) is 1. The molecule has 6 heteroatoms. The van der Waals surface area contributed by atoms with Gasteiger partial charge in [-0.1, -0.05) is 6.07 Å². The van der Waals surface area contributed by atoms with Crippen LogP contribution in [0, 0.1) is 5.82 Å². The summed E-state index contributed by atoms with van der Waals surface area (Å²) < 4.78 is 13.1. The third-order valence-corrected chi connectivity index (χ3v) is 2.34. The second kappa shape index (κ2) is 4.50. The number of carbonyl (C=O) groups is 1. The molecule has 0 heterocycles. The zero-order valence-corrected chi connectivity index (χ0v) is 8.71. The lowest BCUT2D eigenvalue weighted by Crippen LogP contribution is -2.38. The molecular formula is C8H9BrFN3O. The van der Waals surface area contributed by atoms with Crippen molar-refractivity contribution in [2.45, 2.75) is 6.04 Å². The number of carbonyl (C=O) groups excluding carboxylic acids is 1. The van der Waals surface area contributed by atoms with Crippen LogP contribution in [-0.4, -0.2) is 5.91 Å². The summed E-state index contributed by atoms with van der Waals surface area (Å²) in [6, 6.07) is 3.20. The van der Waals surface area contributed by atoms with Crippen molar-refractivity contribution in [1.82, 2.24) is 5.43 Å². The Labute approximate surface area is 88.6 Å².